The molecule has 100 valence electrons. The zero-order valence-corrected chi connectivity index (χ0v) is 10.7. The fourth-order valence-electron chi connectivity index (χ4n) is 1.72. The van der Waals surface area contributed by atoms with Gasteiger partial charge in [0.2, 0.25) is 0 Å². The molecule has 0 radical (unpaired) electrons. The van der Waals surface area contributed by atoms with E-state index in [1.165, 1.54) is 6.33 Å². The van der Waals surface area contributed by atoms with Gasteiger partial charge in [-0.2, -0.15) is 9.62 Å². The monoisotopic (exact) mass is 268 g/mol. The van der Waals surface area contributed by atoms with E-state index in [1.807, 2.05) is 13.0 Å². The van der Waals surface area contributed by atoms with Gasteiger partial charge in [-0.3, -0.25) is 5.43 Å². The van der Waals surface area contributed by atoms with Crippen molar-refractivity contribution in [2.75, 3.05) is 5.43 Å². The van der Waals surface area contributed by atoms with Crippen molar-refractivity contribution in [2.45, 2.75) is 6.92 Å². The normalized spacial score (nSPS) is 11.8. The van der Waals surface area contributed by atoms with Crippen LogP contribution in [-0.2, 0) is 0 Å². The molecule has 0 saturated heterocycles. The highest BCUT2D eigenvalue weighted by Crippen LogP contribution is 2.12. The zero-order valence-electron chi connectivity index (χ0n) is 10.7. The van der Waals surface area contributed by atoms with Gasteiger partial charge in [0.25, 0.3) is 0 Å². The minimum atomic E-state index is 0.209. The number of rotatable bonds is 3. The molecule has 0 unspecified atom stereocenters. The second kappa shape index (κ2) is 4.96. The number of anilines is 1. The first-order valence-electron chi connectivity index (χ1n) is 5.99. The number of nitrogens with one attached hydrogen (secondary N) is 1. The van der Waals surface area contributed by atoms with Crippen molar-refractivity contribution < 1.29 is 5.11 Å². The van der Waals surface area contributed by atoms with E-state index < -0.39 is 0 Å². The van der Waals surface area contributed by atoms with Gasteiger partial charge in [0.15, 0.2) is 11.5 Å². The average molecular weight is 268 g/mol. The Morgan fingerprint density at radius 2 is 2.20 bits per heavy atom. The van der Waals surface area contributed by atoms with Gasteiger partial charge >= 0.3 is 0 Å². The molecule has 7 nitrogen and oxygen atoms in total. The topological polar surface area (TPSA) is 87.7 Å². The third-order valence-electron chi connectivity index (χ3n) is 2.76. The van der Waals surface area contributed by atoms with E-state index in [-0.39, 0.29) is 5.75 Å². The second-order valence-electron chi connectivity index (χ2n) is 4.21. The summed E-state index contributed by atoms with van der Waals surface area (Å²) in [5, 5.41) is 25.5. The minimum Gasteiger partial charge on any atom is -0.508 e. The lowest BCUT2D eigenvalue weighted by molar-refractivity contribution is 0.475. The summed E-state index contributed by atoms with van der Waals surface area (Å²) < 4.78 is 1.56. The fourth-order valence-corrected chi connectivity index (χ4v) is 1.72. The number of hydrogen-bond donors (Lipinski definition) is 2. The Balaban J connectivity index is 1.82. The van der Waals surface area contributed by atoms with E-state index in [4.69, 9.17) is 0 Å². The molecular weight excluding hydrogens is 256 g/mol. The Labute approximate surface area is 114 Å². The summed E-state index contributed by atoms with van der Waals surface area (Å²) >= 11 is 0. The van der Waals surface area contributed by atoms with Crippen molar-refractivity contribution in [1.29, 1.82) is 0 Å². The predicted octanol–water partition coefficient (Wildman–Crippen LogP) is 1.67. The molecule has 7 heteroatoms. The molecule has 0 fully saturated rings. The molecule has 2 heterocycles. The number of phenolic OH excluding ortho intramolecular Hbond substituents is 1. The highest BCUT2D eigenvalue weighted by Gasteiger charge is 2.00. The second-order valence-corrected chi connectivity index (χ2v) is 4.21. The molecule has 0 bridgehead atoms. The number of phenols is 1. The van der Waals surface area contributed by atoms with E-state index in [9.17, 15) is 5.11 Å². The molecule has 0 aliphatic heterocycles. The van der Waals surface area contributed by atoms with Gasteiger partial charge in [0.1, 0.15) is 12.1 Å². The Bertz CT molecular complexity index is 779. The molecule has 0 saturated carbocycles. The van der Waals surface area contributed by atoms with Gasteiger partial charge in [-0.15, -0.1) is 15.3 Å². The Hall–Kier alpha value is -2.96. The van der Waals surface area contributed by atoms with Crippen LogP contribution in [0.1, 0.15) is 12.5 Å². The Morgan fingerprint density at radius 3 is 3.05 bits per heavy atom. The van der Waals surface area contributed by atoms with Crippen molar-refractivity contribution in [2.24, 2.45) is 5.10 Å². The first kappa shape index (κ1) is 12.1. The number of benzene rings is 1. The lowest BCUT2D eigenvalue weighted by atomic mass is 10.1. The van der Waals surface area contributed by atoms with Gasteiger partial charge in [0, 0.05) is 5.56 Å². The number of fused-ring (bicyclic) bond motifs is 1. The smallest absolute Gasteiger partial charge is 0.177 e. The standard InChI is InChI=1S/C13H12N6O/c1-9(10-3-2-4-11(20)7-10)15-16-12-5-6-13-17-14-8-19(13)18-12/h2-8,20H,1H3,(H,16,18). The van der Waals surface area contributed by atoms with Gasteiger partial charge in [-0.1, -0.05) is 12.1 Å². The van der Waals surface area contributed by atoms with Crippen molar-refractivity contribution in [3.05, 3.63) is 48.3 Å². The van der Waals surface area contributed by atoms with E-state index >= 15 is 0 Å². The molecule has 2 aromatic heterocycles. The SMILES string of the molecule is CC(=NNc1ccc2nncn2n1)c1cccc(O)c1. The van der Waals surface area contributed by atoms with E-state index in [0.29, 0.717) is 11.5 Å². The maximum atomic E-state index is 9.44. The summed E-state index contributed by atoms with van der Waals surface area (Å²) in [6, 6.07) is 10.5. The van der Waals surface area contributed by atoms with Gasteiger partial charge in [0.05, 0.1) is 5.71 Å². The third kappa shape index (κ3) is 2.41. The summed E-state index contributed by atoms with van der Waals surface area (Å²) in [6.45, 7) is 1.85. The summed E-state index contributed by atoms with van der Waals surface area (Å²) in [5.74, 6) is 0.790. The van der Waals surface area contributed by atoms with Crippen LogP contribution in [0.4, 0.5) is 5.82 Å². The van der Waals surface area contributed by atoms with E-state index in [1.54, 1.807) is 34.8 Å². The van der Waals surface area contributed by atoms with Gasteiger partial charge in [-0.05, 0) is 31.2 Å². The van der Waals surface area contributed by atoms with Crippen LogP contribution in [0.2, 0.25) is 0 Å². The lowest BCUT2D eigenvalue weighted by Gasteiger charge is -2.03. The quantitative estimate of drug-likeness (QED) is 0.557. The van der Waals surface area contributed by atoms with E-state index in [2.05, 4.69) is 25.8 Å². The average Bonchev–Trinajstić information content (AvgIpc) is 2.92. The predicted molar refractivity (Wildman–Crippen MR) is 74.7 cm³/mol. The third-order valence-corrected chi connectivity index (χ3v) is 2.76. The first-order valence-corrected chi connectivity index (χ1v) is 5.99. The first-order chi connectivity index (χ1) is 9.72. The lowest BCUT2D eigenvalue weighted by Crippen LogP contribution is -2.02. The fraction of sp³-hybridized carbons (Fsp3) is 0.0769. The number of hydrogen-bond acceptors (Lipinski definition) is 6. The maximum absolute atomic E-state index is 9.44. The molecule has 0 aliphatic carbocycles. The van der Waals surface area contributed by atoms with Crippen LogP contribution in [0.3, 0.4) is 0 Å². The number of hydrazone groups is 1. The van der Waals surface area contributed by atoms with Crippen molar-refractivity contribution in [1.82, 2.24) is 19.8 Å². The van der Waals surface area contributed by atoms with Crippen LogP contribution in [0.5, 0.6) is 5.75 Å². The summed E-state index contributed by atoms with van der Waals surface area (Å²) in [6.07, 6.45) is 1.52. The number of aromatic hydroxyl groups is 1. The molecule has 0 aliphatic rings. The van der Waals surface area contributed by atoms with Gasteiger partial charge < -0.3 is 5.11 Å². The molecule has 0 amide bonds. The van der Waals surface area contributed by atoms with Crippen LogP contribution in [0.15, 0.2) is 47.8 Å². The van der Waals surface area contributed by atoms with Gasteiger partial charge in [-0.25, -0.2) is 0 Å². The molecule has 2 N–H and O–H groups in total. The van der Waals surface area contributed by atoms with Crippen LogP contribution in [0.25, 0.3) is 5.65 Å². The van der Waals surface area contributed by atoms with Crippen LogP contribution >= 0.6 is 0 Å². The van der Waals surface area contributed by atoms with Crippen LogP contribution in [0, 0.1) is 0 Å². The van der Waals surface area contributed by atoms with E-state index in [0.717, 1.165) is 11.3 Å². The summed E-state index contributed by atoms with van der Waals surface area (Å²) in [7, 11) is 0. The summed E-state index contributed by atoms with van der Waals surface area (Å²) in [4.78, 5) is 0. The molecule has 0 spiro atoms. The molecular formula is C13H12N6O. The largest absolute Gasteiger partial charge is 0.508 e. The molecule has 3 rings (SSSR count). The van der Waals surface area contributed by atoms with Crippen molar-refractivity contribution >= 4 is 17.2 Å². The summed E-state index contributed by atoms with van der Waals surface area (Å²) in [5.41, 5.74) is 5.11. The minimum absolute atomic E-state index is 0.209. The highest BCUT2D eigenvalue weighted by atomic mass is 16.3. The number of aromatic nitrogens is 4. The number of nitrogens with zero attached hydrogens (tertiary/aromatic N) is 5. The maximum Gasteiger partial charge on any atom is 0.177 e. The Kier molecular flexibility index (Phi) is 3.00. The molecule has 1 aromatic carbocycles. The van der Waals surface area contributed by atoms with Crippen LogP contribution in [-0.4, -0.2) is 30.6 Å². The molecule has 20 heavy (non-hydrogen) atoms. The van der Waals surface area contributed by atoms with Crippen LogP contribution < -0.4 is 5.43 Å². The van der Waals surface area contributed by atoms with Crippen molar-refractivity contribution in [3.63, 3.8) is 0 Å². The van der Waals surface area contributed by atoms with Crippen molar-refractivity contribution in [3.8, 4) is 5.75 Å². The zero-order chi connectivity index (χ0) is 13.9. The molecule has 0 atom stereocenters. The molecule has 3 aromatic rings. The Morgan fingerprint density at radius 1 is 1.30 bits per heavy atom. The highest BCUT2D eigenvalue weighted by molar-refractivity contribution is 5.99.